The molecule has 0 spiro atoms. The number of aromatic nitrogens is 2. The van der Waals surface area contributed by atoms with Crippen LogP contribution in [0, 0.1) is 0 Å². The van der Waals surface area contributed by atoms with Gasteiger partial charge in [-0.15, -0.1) is 0 Å². The van der Waals surface area contributed by atoms with E-state index in [2.05, 4.69) is 26.1 Å². The number of nitrogens with one attached hydrogen (secondary N) is 1. The van der Waals surface area contributed by atoms with Gasteiger partial charge in [-0.3, -0.25) is 14.8 Å². The molecule has 4 aromatic rings. The first-order valence-corrected chi connectivity index (χ1v) is 10.9. The normalized spacial score (nSPS) is 15.2. The molecule has 0 aliphatic carbocycles. The summed E-state index contributed by atoms with van der Waals surface area (Å²) in [6, 6.07) is 25.4. The molecule has 0 bridgehead atoms. The van der Waals surface area contributed by atoms with E-state index in [0.29, 0.717) is 12.3 Å². The number of carbonyl (C=O) groups is 1. The lowest BCUT2D eigenvalue weighted by Crippen LogP contribution is -2.29. The number of nitrogens with zero attached hydrogens (tertiary/aromatic N) is 2. The second-order valence-corrected chi connectivity index (χ2v) is 8.20. The maximum absolute atomic E-state index is 13.5. The Morgan fingerprint density at radius 3 is 2.39 bits per heavy atom. The summed E-state index contributed by atoms with van der Waals surface area (Å²) < 4.78 is 6.54. The Balaban J connectivity index is 1.65. The van der Waals surface area contributed by atoms with Crippen LogP contribution in [0.1, 0.15) is 34.6 Å². The fourth-order valence-corrected chi connectivity index (χ4v) is 4.33. The van der Waals surface area contributed by atoms with E-state index in [1.54, 1.807) is 0 Å². The van der Waals surface area contributed by atoms with Crippen LogP contribution in [0.25, 0.3) is 11.3 Å². The largest absolute Gasteiger partial charge is 0.494 e. The maximum atomic E-state index is 13.5. The van der Waals surface area contributed by atoms with Gasteiger partial charge in [0.15, 0.2) is 0 Å². The van der Waals surface area contributed by atoms with Crippen molar-refractivity contribution in [2.75, 3.05) is 11.5 Å². The molecule has 2 heterocycles. The molecule has 1 atom stereocenters. The minimum Gasteiger partial charge on any atom is -0.494 e. The fraction of sp³-hybridized carbons (Fsp3) is 0.120. The number of hydrogen-bond acceptors (Lipinski definition) is 3. The number of fused-ring (bicyclic) bond motifs is 1. The zero-order valence-electron chi connectivity index (χ0n) is 16.9. The highest BCUT2D eigenvalue weighted by Crippen LogP contribution is 2.45. The molecule has 5 rings (SSSR count). The summed E-state index contributed by atoms with van der Waals surface area (Å²) in [5.41, 5.74) is 5.01. The Morgan fingerprint density at radius 1 is 1.00 bits per heavy atom. The lowest BCUT2D eigenvalue weighted by Gasteiger charge is -2.26. The van der Waals surface area contributed by atoms with E-state index in [0.717, 1.165) is 38.3 Å². The minimum absolute atomic E-state index is 0.0872. The molecule has 1 aliphatic heterocycles. The van der Waals surface area contributed by atoms with Crippen LogP contribution in [0.15, 0.2) is 83.3 Å². The van der Waals surface area contributed by atoms with Crippen molar-refractivity contribution in [1.82, 2.24) is 10.2 Å². The fourth-order valence-electron chi connectivity index (χ4n) is 4.06. The molecule has 3 aromatic carbocycles. The van der Waals surface area contributed by atoms with Gasteiger partial charge in [-0.25, -0.2) is 0 Å². The first kappa shape index (κ1) is 19.6. The third kappa shape index (κ3) is 3.43. The standard InChI is InChI=1S/C25H20BrN3O2/c1-2-31-20-14-8-16(9-15-20)22-21-23(28-27-22)25(30)29(19-12-10-18(26)11-13-19)24(21)17-6-4-3-5-7-17/h3-15,24H,2H2,1H3,(H,27,28). The summed E-state index contributed by atoms with van der Waals surface area (Å²) in [4.78, 5) is 15.3. The topological polar surface area (TPSA) is 58.2 Å². The molecule has 31 heavy (non-hydrogen) atoms. The zero-order chi connectivity index (χ0) is 21.4. The summed E-state index contributed by atoms with van der Waals surface area (Å²) >= 11 is 3.48. The van der Waals surface area contributed by atoms with Crippen molar-refractivity contribution in [2.45, 2.75) is 13.0 Å². The van der Waals surface area contributed by atoms with E-state index in [-0.39, 0.29) is 11.9 Å². The van der Waals surface area contributed by atoms with Crippen LogP contribution in [-0.2, 0) is 0 Å². The van der Waals surface area contributed by atoms with Gasteiger partial charge in [-0.05, 0) is 61.0 Å². The molecule has 1 aliphatic rings. The first-order chi connectivity index (χ1) is 15.2. The van der Waals surface area contributed by atoms with Crippen molar-refractivity contribution >= 4 is 27.5 Å². The Bertz CT molecular complexity index is 1220. The quantitative estimate of drug-likeness (QED) is 0.387. The van der Waals surface area contributed by atoms with Crippen LogP contribution >= 0.6 is 15.9 Å². The third-order valence-corrected chi connectivity index (χ3v) is 5.96. The Morgan fingerprint density at radius 2 is 1.71 bits per heavy atom. The average Bonchev–Trinajstić information content (AvgIpc) is 3.35. The van der Waals surface area contributed by atoms with Crippen LogP contribution in [0.5, 0.6) is 5.75 Å². The molecule has 1 N–H and O–H groups in total. The smallest absolute Gasteiger partial charge is 0.277 e. The lowest BCUT2D eigenvalue weighted by atomic mass is 9.96. The van der Waals surface area contributed by atoms with Gasteiger partial charge in [0.1, 0.15) is 11.4 Å². The van der Waals surface area contributed by atoms with E-state index in [4.69, 9.17) is 4.74 Å². The summed E-state index contributed by atoms with van der Waals surface area (Å²) in [5.74, 6) is 0.724. The third-order valence-electron chi connectivity index (χ3n) is 5.43. The number of benzene rings is 3. The van der Waals surface area contributed by atoms with Gasteiger partial charge in [0, 0.05) is 21.3 Å². The van der Waals surface area contributed by atoms with Crippen LogP contribution in [0.2, 0.25) is 0 Å². The molecule has 0 saturated heterocycles. The SMILES string of the molecule is CCOc1ccc(-c2n[nH]c3c2C(c2ccccc2)N(c2ccc(Br)cc2)C3=O)cc1. The molecular weight excluding hydrogens is 454 g/mol. The van der Waals surface area contributed by atoms with Gasteiger partial charge in [0.2, 0.25) is 0 Å². The number of carbonyl (C=O) groups excluding carboxylic acids is 1. The molecule has 1 aromatic heterocycles. The second-order valence-electron chi connectivity index (χ2n) is 7.28. The van der Waals surface area contributed by atoms with Crippen molar-refractivity contribution in [3.63, 3.8) is 0 Å². The van der Waals surface area contributed by atoms with Crippen LogP contribution in [-0.4, -0.2) is 22.7 Å². The van der Waals surface area contributed by atoms with Crippen LogP contribution < -0.4 is 9.64 Å². The molecule has 154 valence electrons. The van der Waals surface area contributed by atoms with Crippen LogP contribution in [0.3, 0.4) is 0 Å². The van der Waals surface area contributed by atoms with Gasteiger partial charge in [0.05, 0.1) is 18.3 Å². The number of H-pyrrole nitrogens is 1. The molecule has 1 unspecified atom stereocenters. The molecule has 0 saturated carbocycles. The van der Waals surface area contributed by atoms with E-state index in [1.165, 1.54) is 0 Å². The number of ether oxygens (including phenoxy) is 1. The average molecular weight is 474 g/mol. The minimum atomic E-state index is -0.273. The van der Waals surface area contributed by atoms with E-state index in [1.807, 2.05) is 90.7 Å². The highest BCUT2D eigenvalue weighted by Gasteiger charge is 2.42. The Labute approximate surface area is 188 Å². The van der Waals surface area contributed by atoms with Gasteiger partial charge in [-0.2, -0.15) is 5.10 Å². The van der Waals surface area contributed by atoms with Crippen molar-refractivity contribution < 1.29 is 9.53 Å². The van der Waals surface area contributed by atoms with Crippen molar-refractivity contribution in [2.24, 2.45) is 0 Å². The van der Waals surface area contributed by atoms with E-state index in [9.17, 15) is 4.79 Å². The highest BCUT2D eigenvalue weighted by molar-refractivity contribution is 9.10. The van der Waals surface area contributed by atoms with Gasteiger partial charge >= 0.3 is 0 Å². The highest BCUT2D eigenvalue weighted by atomic mass is 79.9. The van der Waals surface area contributed by atoms with Crippen LogP contribution in [0.4, 0.5) is 5.69 Å². The van der Waals surface area contributed by atoms with Crippen molar-refractivity contribution in [3.8, 4) is 17.0 Å². The Kier molecular flexibility index (Phi) is 5.08. The van der Waals surface area contributed by atoms with Gasteiger partial charge < -0.3 is 4.74 Å². The molecule has 0 fully saturated rings. The van der Waals surface area contributed by atoms with Gasteiger partial charge in [-0.1, -0.05) is 46.3 Å². The molecule has 0 radical (unpaired) electrons. The number of halogens is 1. The molecular formula is C25H20BrN3O2. The number of rotatable bonds is 5. The molecule has 1 amide bonds. The maximum Gasteiger partial charge on any atom is 0.277 e. The number of aromatic amines is 1. The number of anilines is 1. The zero-order valence-corrected chi connectivity index (χ0v) is 18.5. The van der Waals surface area contributed by atoms with E-state index >= 15 is 0 Å². The van der Waals surface area contributed by atoms with Crippen molar-refractivity contribution in [3.05, 3.63) is 100 Å². The molecule has 5 nitrogen and oxygen atoms in total. The van der Waals surface area contributed by atoms with E-state index < -0.39 is 0 Å². The predicted octanol–water partition coefficient (Wildman–Crippen LogP) is 5.99. The predicted molar refractivity (Wildman–Crippen MR) is 124 cm³/mol. The monoisotopic (exact) mass is 473 g/mol. The van der Waals surface area contributed by atoms with Gasteiger partial charge in [0.25, 0.3) is 5.91 Å². The molecule has 6 heteroatoms. The second kappa shape index (κ2) is 8.04. The lowest BCUT2D eigenvalue weighted by molar-refractivity contribution is 0.0989. The summed E-state index contributed by atoms with van der Waals surface area (Å²) in [5, 5.41) is 7.53. The summed E-state index contributed by atoms with van der Waals surface area (Å²) in [6.45, 7) is 2.57. The first-order valence-electron chi connectivity index (χ1n) is 10.1. The summed E-state index contributed by atoms with van der Waals surface area (Å²) in [7, 11) is 0. The number of amides is 1. The van der Waals surface area contributed by atoms with Crippen molar-refractivity contribution in [1.29, 1.82) is 0 Å². The Hall–Kier alpha value is -3.38. The summed E-state index contributed by atoms with van der Waals surface area (Å²) in [6.07, 6.45) is 0. The number of hydrogen-bond donors (Lipinski definition) is 1.